The topological polar surface area (TPSA) is 67.8 Å². The van der Waals surface area contributed by atoms with Crippen molar-refractivity contribution in [1.82, 2.24) is 5.32 Å². The third-order valence-corrected chi connectivity index (χ3v) is 3.07. The molecule has 0 fully saturated rings. The van der Waals surface area contributed by atoms with Gasteiger partial charge in [-0.3, -0.25) is 4.79 Å². The zero-order valence-corrected chi connectivity index (χ0v) is 11.6. The zero-order valence-electron chi connectivity index (χ0n) is 11.6. The maximum absolute atomic E-state index is 11.1. The highest BCUT2D eigenvalue weighted by atomic mass is 16.5. The largest absolute Gasteiger partial charge is 0.491 e. The van der Waals surface area contributed by atoms with E-state index in [4.69, 9.17) is 14.6 Å². The highest BCUT2D eigenvalue weighted by Gasteiger charge is 2.32. The lowest BCUT2D eigenvalue weighted by molar-refractivity contribution is -0.145. The van der Waals surface area contributed by atoms with E-state index in [1.54, 1.807) is 21.1 Å². The van der Waals surface area contributed by atoms with Crippen LogP contribution in [0.5, 0.6) is 5.75 Å². The van der Waals surface area contributed by atoms with Gasteiger partial charge in [0.1, 0.15) is 17.9 Å². The molecule has 0 spiro atoms. The van der Waals surface area contributed by atoms with Crippen molar-refractivity contribution in [2.45, 2.75) is 18.9 Å². The van der Waals surface area contributed by atoms with Gasteiger partial charge < -0.3 is 19.9 Å². The van der Waals surface area contributed by atoms with Gasteiger partial charge in [0.15, 0.2) is 0 Å². The number of nitrogens with one attached hydrogen (secondary N) is 1. The first-order valence-corrected chi connectivity index (χ1v) is 6.15. The monoisotopic (exact) mass is 267 g/mol. The predicted octanol–water partition coefficient (Wildman–Crippen LogP) is 1.32. The van der Waals surface area contributed by atoms with Crippen molar-refractivity contribution in [3.8, 4) is 5.75 Å². The van der Waals surface area contributed by atoms with Crippen molar-refractivity contribution in [1.29, 1.82) is 0 Å². The van der Waals surface area contributed by atoms with E-state index in [9.17, 15) is 4.79 Å². The molecule has 5 heteroatoms. The van der Waals surface area contributed by atoms with Gasteiger partial charge in [-0.2, -0.15) is 0 Å². The Balaban J connectivity index is 2.56. The maximum atomic E-state index is 11.1. The smallest absolute Gasteiger partial charge is 0.327 e. The molecule has 0 bridgehead atoms. The van der Waals surface area contributed by atoms with Crippen molar-refractivity contribution < 1.29 is 19.4 Å². The number of likely N-dealkylation sites (N-methyl/N-ethyl adjacent to an activating group) is 1. The number of methoxy groups -OCH3 is 1. The Hall–Kier alpha value is -1.59. The van der Waals surface area contributed by atoms with Crippen LogP contribution in [0.15, 0.2) is 24.3 Å². The number of benzene rings is 1. The van der Waals surface area contributed by atoms with E-state index in [1.807, 2.05) is 24.3 Å². The number of ether oxygens (including phenoxy) is 2. The molecule has 1 atom stereocenters. The predicted molar refractivity (Wildman–Crippen MR) is 72.6 cm³/mol. The van der Waals surface area contributed by atoms with Crippen molar-refractivity contribution in [3.05, 3.63) is 29.8 Å². The number of carbonyl (C=O) groups is 1. The molecule has 1 aromatic carbocycles. The SMILES string of the molecule is CNC(C)(COc1ccc(CCOC)cc1)C(=O)O. The van der Waals surface area contributed by atoms with Gasteiger partial charge in [-0.15, -0.1) is 0 Å². The molecule has 0 aliphatic carbocycles. The molecular formula is C14H21NO4. The fourth-order valence-corrected chi connectivity index (χ4v) is 1.44. The van der Waals surface area contributed by atoms with E-state index in [-0.39, 0.29) is 6.61 Å². The van der Waals surface area contributed by atoms with E-state index in [2.05, 4.69) is 5.32 Å². The first kappa shape index (κ1) is 15.5. The Labute approximate surface area is 113 Å². The molecule has 0 aliphatic rings. The third-order valence-electron chi connectivity index (χ3n) is 3.07. The molecule has 2 N–H and O–H groups in total. The Morgan fingerprint density at radius 3 is 2.47 bits per heavy atom. The number of hydrogen-bond acceptors (Lipinski definition) is 4. The van der Waals surface area contributed by atoms with Gasteiger partial charge in [-0.1, -0.05) is 12.1 Å². The molecule has 0 saturated carbocycles. The van der Waals surface area contributed by atoms with Crippen molar-refractivity contribution in [2.24, 2.45) is 0 Å². The van der Waals surface area contributed by atoms with Crippen LogP contribution in [0.3, 0.4) is 0 Å². The Morgan fingerprint density at radius 2 is 2.00 bits per heavy atom. The van der Waals surface area contributed by atoms with Gasteiger partial charge in [0.25, 0.3) is 0 Å². The number of hydrogen-bond donors (Lipinski definition) is 2. The average Bonchev–Trinajstić information content (AvgIpc) is 2.43. The molecule has 1 aromatic rings. The van der Waals surface area contributed by atoms with E-state index in [0.29, 0.717) is 12.4 Å². The van der Waals surface area contributed by atoms with Gasteiger partial charge in [-0.25, -0.2) is 0 Å². The molecule has 0 saturated heterocycles. The number of carboxylic acids is 1. The van der Waals surface area contributed by atoms with Crippen molar-refractivity contribution >= 4 is 5.97 Å². The van der Waals surface area contributed by atoms with Crippen LogP contribution in [0.25, 0.3) is 0 Å². The van der Waals surface area contributed by atoms with E-state index < -0.39 is 11.5 Å². The molecule has 19 heavy (non-hydrogen) atoms. The standard InChI is InChI=1S/C14H21NO4/c1-14(15-2,13(16)17)10-19-12-6-4-11(5-7-12)8-9-18-3/h4-7,15H,8-10H2,1-3H3,(H,16,17). The quantitative estimate of drug-likeness (QED) is 0.743. The summed E-state index contributed by atoms with van der Waals surface area (Å²) in [4.78, 5) is 11.1. The van der Waals surface area contributed by atoms with Gasteiger partial charge in [-0.05, 0) is 38.1 Å². The summed E-state index contributed by atoms with van der Waals surface area (Å²) in [6.07, 6.45) is 0.847. The molecule has 0 heterocycles. The van der Waals surface area contributed by atoms with Crippen LogP contribution in [-0.2, 0) is 16.0 Å². The van der Waals surface area contributed by atoms with E-state index >= 15 is 0 Å². The maximum Gasteiger partial charge on any atom is 0.327 e. The lowest BCUT2D eigenvalue weighted by Crippen LogP contribution is -2.52. The summed E-state index contributed by atoms with van der Waals surface area (Å²) >= 11 is 0. The second-order valence-corrected chi connectivity index (χ2v) is 4.56. The normalized spacial score (nSPS) is 13.8. The summed E-state index contributed by atoms with van der Waals surface area (Å²) in [7, 11) is 3.27. The van der Waals surface area contributed by atoms with Crippen LogP contribution in [0, 0.1) is 0 Å². The van der Waals surface area contributed by atoms with Crippen LogP contribution in [-0.4, -0.2) is 44.0 Å². The minimum absolute atomic E-state index is 0.0657. The summed E-state index contributed by atoms with van der Waals surface area (Å²) in [5.74, 6) is -0.282. The molecule has 0 aliphatic heterocycles. The van der Waals surface area contributed by atoms with Crippen LogP contribution >= 0.6 is 0 Å². The minimum Gasteiger partial charge on any atom is -0.491 e. The highest BCUT2D eigenvalue weighted by molar-refractivity contribution is 5.78. The van der Waals surface area contributed by atoms with Gasteiger partial charge >= 0.3 is 5.97 Å². The molecule has 1 rings (SSSR count). The summed E-state index contributed by atoms with van der Waals surface area (Å²) < 4.78 is 10.5. The van der Waals surface area contributed by atoms with Crippen LogP contribution < -0.4 is 10.1 Å². The second kappa shape index (κ2) is 7.11. The fourth-order valence-electron chi connectivity index (χ4n) is 1.44. The van der Waals surface area contributed by atoms with E-state index in [0.717, 1.165) is 12.0 Å². The Bertz CT molecular complexity index is 404. The van der Waals surface area contributed by atoms with E-state index in [1.165, 1.54) is 0 Å². The molecule has 0 radical (unpaired) electrons. The fraction of sp³-hybridized carbons (Fsp3) is 0.500. The van der Waals surface area contributed by atoms with Crippen LogP contribution in [0.2, 0.25) is 0 Å². The van der Waals surface area contributed by atoms with Gasteiger partial charge in [0.2, 0.25) is 0 Å². The Morgan fingerprint density at radius 1 is 1.37 bits per heavy atom. The van der Waals surface area contributed by atoms with Gasteiger partial charge in [0.05, 0.1) is 6.61 Å². The molecule has 1 unspecified atom stereocenters. The molecular weight excluding hydrogens is 246 g/mol. The first-order chi connectivity index (χ1) is 9.01. The molecule has 0 amide bonds. The number of rotatable bonds is 8. The van der Waals surface area contributed by atoms with Crippen molar-refractivity contribution in [3.63, 3.8) is 0 Å². The Kier molecular flexibility index (Phi) is 5.79. The highest BCUT2D eigenvalue weighted by Crippen LogP contribution is 2.15. The van der Waals surface area contributed by atoms with Crippen LogP contribution in [0.1, 0.15) is 12.5 Å². The van der Waals surface area contributed by atoms with Crippen LogP contribution in [0.4, 0.5) is 0 Å². The lowest BCUT2D eigenvalue weighted by Gasteiger charge is -2.24. The molecule has 0 aromatic heterocycles. The number of carboxylic acid groups (broad SMARTS) is 1. The van der Waals surface area contributed by atoms with Crippen molar-refractivity contribution in [2.75, 3.05) is 27.4 Å². The lowest BCUT2D eigenvalue weighted by atomic mass is 10.1. The summed E-state index contributed by atoms with van der Waals surface area (Å²) in [6, 6.07) is 7.57. The second-order valence-electron chi connectivity index (χ2n) is 4.56. The zero-order chi connectivity index (χ0) is 14.3. The minimum atomic E-state index is -1.09. The molecule has 5 nitrogen and oxygen atoms in total. The number of aliphatic carboxylic acids is 1. The molecule has 106 valence electrons. The summed E-state index contributed by atoms with van der Waals surface area (Å²) in [5.41, 5.74) is 0.0677. The first-order valence-electron chi connectivity index (χ1n) is 6.15. The summed E-state index contributed by atoms with van der Waals surface area (Å²) in [5, 5.41) is 11.8. The average molecular weight is 267 g/mol. The summed E-state index contributed by atoms with van der Waals surface area (Å²) in [6.45, 7) is 2.33. The van der Waals surface area contributed by atoms with Gasteiger partial charge in [0, 0.05) is 7.11 Å². The third kappa shape index (κ3) is 4.54.